The summed E-state index contributed by atoms with van der Waals surface area (Å²) in [5.74, 6) is -1.52. The average Bonchev–Trinajstić information content (AvgIpc) is 3.44. The van der Waals surface area contributed by atoms with Gasteiger partial charge in [-0.2, -0.15) is 11.3 Å². The first-order valence-corrected chi connectivity index (χ1v) is 9.33. The van der Waals surface area contributed by atoms with Crippen molar-refractivity contribution < 1.29 is 14.0 Å². The Morgan fingerprint density at radius 3 is 2.59 bits per heavy atom. The molecule has 0 aliphatic heterocycles. The smallest absolute Gasteiger partial charge is 0.257 e. The lowest BCUT2D eigenvalue weighted by Gasteiger charge is -2.12. The third-order valence-electron chi connectivity index (χ3n) is 4.01. The lowest BCUT2D eigenvalue weighted by atomic mass is 10.1. The average molecular weight is 408 g/mol. The summed E-state index contributed by atoms with van der Waals surface area (Å²) in [4.78, 5) is 25.1. The van der Waals surface area contributed by atoms with Crippen LogP contribution in [-0.4, -0.2) is 32.0 Å². The first kappa shape index (κ1) is 18.4. The predicted molar refractivity (Wildman–Crippen MR) is 106 cm³/mol. The van der Waals surface area contributed by atoms with Gasteiger partial charge in [0.1, 0.15) is 12.1 Å². The van der Waals surface area contributed by atoms with Crippen LogP contribution < -0.4 is 10.6 Å². The summed E-state index contributed by atoms with van der Waals surface area (Å²) in [5.41, 5.74) is 1.44. The molecular formula is C19H13FN6O2S. The van der Waals surface area contributed by atoms with Gasteiger partial charge in [0.05, 0.1) is 28.2 Å². The Bertz CT molecular complexity index is 1160. The maximum Gasteiger partial charge on any atom is 0.257 e. The number of tetrazole rings is 1. The standard InChI is InChI=1S/C19H13FN6O2S/c20-15-6-5-13(26-11-21-24-25-26)9-17(15)23-19(28)14-3-1-2-4-16(14)22-18(27)12-7-8-29-10-12/h1-11H,(H,22,27)(H,23,28). The third kappa shape index (κ3) is 4.01. The molecule has 2 aromatic heterocycles. The van der Waals surface area contributed by atoms with Gasteiger partial charge in [0.2, 0.25) is 0 Å². The monoisotopic (exact) mass is 408 g/mol. The van der Waals surface area contributed by atoms with Gasteiger partial charge in [0.25, 0.3) is 11.8 Å². The van der Waals surface area contributed by atoms with Crippen LogP contribution in [0.25, 0.3) is 5.69 Å². The molecule has 2 amide bonds. The van der Waals surface area contributed by atoms with Crippen molar-refractivity contribution in [3.05, 3.63) is 82.6 Å². The molecule has 4 rings (SSSR count). The van der Waals surface area contributed by atoms with Crippen LogP contribution in [-0.2, 0) is 0 Å². The maximum absolute atomic E-state index is 14.2. The topological polar surface area (TPSA) is 102 Å². The molecule has 0 spiro atoms. The van der Waals surface area contributed by atoms with Gasteiger partial charge < -0.3 is 10.6 Å². The van der Waals surface area contributed by atoms with Crippen LogP contribution in [0.5, 0.6) is 0 Å². The van der Waals surface area contributed by atoms with Crippen molar-refractivity contribution in [2.75, 3.05) is 10.6 Å². The second-order valence-electron chi connectivity index (χ2n) is 5.88. The summed E-state index contributed by atoms with van der Waals surface area (Å²) in [6.07, 6.45) is 1.36. The van der Waals surface area contributed by atoms with Gasteiger partial charge in [-0.25, -0.2) is 9.07 Å². The Hall–Kier alpha value is -3.92. The molecular weight excluding hydrogens is 395 g/mol. The molecule has 2 N–H and O–H groups in total. The number of anilines is 2. The summed E-state index contributed by atoms with van der Waals surface area (Å²) in [5, 5.41) is 19.5. The van der Waals surface area contributed by atoms with Gasteiger partial charge in [-0.05, 0) is 52.2 Å². The highest BCUT2D eigenvalue weighted by molar-refractivity contribution is 7.08. The number of rotatable bonds is 5. The second kappa shape index (κ2) is 7.98. The fourth-order valence-electron chi connectivity index (χ4n) is 2.60. The summed E-state index contributed by atoms with van der Waals surface area (Å²) < 4.78 is 15.6. The minimum atomic E-state index is -0.616. The van der Waals surface area contributed by atoms with Crippen molar-refractivity contribution in [1.82, 2.24) is 20.2 Å². The van der Waals surface area contributed by atoms with Crippen molar-refractivity contribution in [1.29, 1.82) is 0 Å². The van der Waals surface area contributed by atoms with Gasteiger partial charge in [0.15, 0.2) is 0 Å². The minimum absolute atomic E-state index is 0.0398. The van der Waals surface area contributed by atoms with E-state index in [1.54, 1.807) is 41.1 Å². The molecule has 2 aromatic carbocycles. The van der Waals surface area contributed by atoms with E-state index in [1.807, 2.05) is 0 Å². The fourth-order valence-corrected chi connectivity index (χ4v) is 3.24. The highest BCUT2D eigenvalue weighted by atomic mass is 32.1. The first-order chi connectivity index (χ1) is 14.1. The van der Waals surface area contributed by atoms with Gasteiger partial charge >= 0.3 is 0 Å². The molecule has 0 fully saturated rings. The van der Waals surface area contributed by atoms with Crippen molar-refractivity contribution in [3.8, 4) is 5.69 Å². The van der Waals surface area contributed by atoms with Crippen molar-refractivity contribution in [2.24, 2.45) is 0 Å². The van der Waals surface area contributed by atoms with Crippen molar-refractivity contribution >= 4 is 34.5 Å². The molecule has 0 bridgehead atoms. The Balaban J connectivity index is 1.58. The number of nitrogens with one attached hydrogen (secondary N) is 2. The number of amides is 2. The molecule has 0 radical (unpaired) electrons. The zero-order chi connectivity index (χ0) is 20.2. The largest absolute Gasteiger partial charge is 0.321 e. The van der Waals surface area contributed by atoms with Gasteiger partial charge in [-0.1, -0.05) is 12.1 Å². The molecule has 2 heterocycles. The SMILES string of the molecule is O=C(Nc1ccccc1C(=O)Nc1cc(-n2cnnn2)ccc1F)c1ccsc1. The number of aromatic nitrogens is 4. The molecule has 0 aliphatic rings. The van der Waals surface area contributed by atoms with E-state index in [0.29, 0.717) is 16.9 Å². The summed E-state index contributed by atoms with van der Waals surface area (Å²) >= 11 is 1.39. The van der Waals surface area contributed by atoms with Crippen LogP contribution in [0.3, 0.4) is 0 Å². The molecule has 10 heteroatoms. The van der Waals surface area contributed by atoms with Crippen LogP contribution in [0, 0.1) is 5.82 Å². The highest BCUT2D eigenvalue weighted by Gasteiger charge is 2.16. The van der Waals surface area contributed by atoms with E-state index >= 15 is 0 Å². The van der Waals surface area contributed by atoms with Crippen molar-refractivity contribution in [2.45, 2.75) is 0 Å². The van der Waals surface area contributed by atoms with E-state index in [1.165, 1.54) is 40.5 Å². The highest BCUT2D eigenvalue weighted by Crippen LogP contribution is 2.22. The van der Waals surface area contributed by atoms with Crippen LogP contribution in [0.4, 0.5) is 15.8 Å². The number of carbonyl (C=O) groups excluding carboxylic acids is 2. The second-order valence-corrected chi connectivity index (χ2v) is 6.66. The Kier molecular flexibility index (Phi) is 5.08. The zero-order valence-electron chi connectivity index (χ0n) is 14.7. The maximum atomic E-state index is 14.2. The quantitative estimate of drug-likeness (QED) is 0.527. The number of nitrogens with zero attached hydrogens (tertiary/aromatic N) is 4. The number of halogens is 1. The third-order valence-corrected chi connectivity index (χ3v) is 4.70. The van der Waals surface area contributed by atoms with E-state index in [4.69, 9.17) is 0 Å². The molecule has 8 nitrogen and oxygen atoms in total. The summed E-state index contributed by atoms with van der Waals surface area (Å²) in [6.45, 7) is 0. The van der Waals surface area contributed by atoms with Crippen LogP contribution in [0.1, 0.15) is 20.7 Å². The van der Waals surface area contributed by atoms with E-state index in [9.17, 15) is 14.0 Å². The molecule has 144 valence electrons. The lowest BCUT2D eigenvalue weighted by Crippen LogP contribution is -2.18. The predicted octanol–water partition coefficient (Wildman–Crippen LogP) is 3.37. The molecule has 0 saturated heterocycles. The van der Waals surface area contributed by atoms with E-state index in [0.717, 1.165) is 0 Å². The van der Waals surface area contributed by atoms with Gasteiger partial charge in [0, 0.05) is 5.38 Å². The lowest BCUT2D eigenvalue weighted by molar-refractivity contribution is 0.102. The minimum Gasteiger partial charge on any atom is -0.321 e. The van der Waals surface area contributed by atoms with Crippen LogP contribution in [0.2, 0.25) is 0 Å². The normalized spacial score (nSPS) is 10.5. The number of carbonyl (C=O) groups is 2. The summed E-state index contributed by atoms with van der Waals surface area (Å²) in [7, 11) is 0. The number of para-hydroxylation sites is 1. The van der Waals surface area contributed by atoms with Gasteiger partial charge in [-0.15, -0.1) is 5.10 Å². The summed E-state index contributed by atoms with van der Waals surface area (Å²) in [6, 6.07) is 12.3. The number of hydrogen-bond acceptors (Lipinski definition) is 6. The van der Waals surface area contributed by atoms with E-state index < -0.39 is 11.7 Å². The number of benzene rings is 2. The Morgan fingerprint density at radius 2 is 1.83 bits per heavy atom. The molecule has 0 unspecified atom stereocenters. The molecule has 29 heavy (non-hydrogen) atoms. The first-order valence-electron chi connectivity index (χ1n) is 8.38. The fraction of sp³-hybridized carbons (Fsp3) is 0. The Morgan fingerprint density at radius 1 is 1.00 bits per heavy atom. The number of thiophene rings is 1. The van der Waals surface area contributed by atoms with E-state index in [-0.39, 0.29) is 17.2 Å². The molecule has 4 aromatic rings. The zero-order valence-corrected chi connectivity index (χ0v) is 15.6. The van der Waals surface area contributed by atoms with Crippen molar-refractivity contribution in [3.63, 3.8) is 0 Å². The molecule has 0 saturated carbocycles. The molecule has 0 atom stereocenters. The van der Waals surface area contributed by atoms with Gasteiger partial charge in [-0.3, -0.25) is 9.59 Å². The molecule has 0 aliphatic carbocycles. The van der Waals surface area contributed by atoms with Crippen LogP contribution >= 0.6 is 11.3 Å². The van der Waals surface area contributed by atoms with E-state index in [2.05, 4.69) is 26.2 Å². The number of hydrogen-bond donors (Lipinski definition) is 2. The van der Waals surface area contributed by atoms with Crippen LogP contribution in [0.15, 0.2) is 65.6 Å². The Labute approximate surface area is 168 Å².